The summed E-state index contributed by atoms with van der Waals surface area (Å²) < 4.78 is 2.73. The number of hydrogen-bond acceptors (Lipinski definition) is 1. The minimum atomic E-state index is -1.27. The topological polar surface area (TPSA) is 0 Å². The summed E-state index contributed by atoms with van der Waals surface area (Å²) >= 11 is 8.25. The zero-order chi connectivity index (χ0) is 10.3. The summed E-state index contributed by atoms with van der Waals surface area (Å²) in [5.74, 6) is 0. The van der Waals surface area contributed by atoms with Crippen molar-refractivity contribution in [2.45, 2.75) is 19.6 Å². The summed E-state index contributed by atoms with van der Waals surface area (Å²) in [6.07, 6.45) is 0. The minimum Gasteiger partial charge on any atom is -0.143 e. The van der Waals surface area contributed by atoms with Crippen LogP contribution in [0, 0.1) is 0 Å². The molecule has 74 valence electrons. The molecular formula is C11H13ClSSi. The van der Waals surface area contributed by atoms with Crippen molar-refractivity contribution >= 4 is 45.6 Å². The number of hydrogen-bond donors (Lipinski definition) is 0. The van der Waals surface area contributed by atoms with Crippen LogP contribution in [0.1, 0.15) is 0 Å². The zero-order valence-corrected chi connectivity index (χ0v) is 11.2. The third-order valence-electron chi connectivity index (χ3n) is 2.22. The maximum atomic E-state index is 6.39. The van der Waals surface area contributed by atoms with Crippen LogP contribution in [-0.2, 0) is 0 Å². The predicted molar refractivity (Wildman–Crippen MR) is 69.8 cm³/mol. The number of halogens is 1. The first-order valence-electron chi connectivity index (χ1n) is 4.67. The molecule has 0 fully saturated rings. The highest BCUT2D eigenvalue weighted by molar-refractivity contribution is 7.32. The van der Waals surface area contributed by atoms with Crippen LogP contribution in [0.15, 0.2) is 24.3 Å². The average molecular weight is 241 g/mol. The monoisotopic (exact) mass is 240 g/mol. The van der Waals surface area contributed by atoms with E-state index in [2.05, 4.69) is 43.9 Å². The van der Waals surface area contributed by atoms with E-state index < -0.39 is 8.07 Å². The third kappa shape index (κ3) is 1.62. The van der Waals surface area contributed by atoms with E-state index in [1.165, 1.54) is 14.6 Å². The van der Waals surface area contributed by atoms with Gasteiger partial charge < -0.3 is 0 Å². The van der Waals surface area contributed by atoms with Crippen LogP contribution >= 0.6 is 22.9 Å². The Morgan fingerprint density at radius 2 is 1.79 bits per heavy atom. The summed E-state index contributed by atoms with van der Waals surface area (Å²) in [4.78, 5) is 0. The molecule has 0 radical (unpaired) electrons. The van der Waals surface area contributed by atoms with Crippen LogP contribution < -0.4 is 4.50 Å². The molecule has 0 N–H and O–H groups in total. The first kappa shape index (κ1) is 10.2. The Kier molecular flexibility index (Phi) is 2.46. The molecule has 1 aromatic carbocycles. The van der Waals surface area contributed by atoms with Crippen molar-refractivity contribution < 1.29 is 0 Å². The highest BCUT2D eigenvalue weighted by Crippen LogP contribution is 2.30. The molecule has 2 aromatic rings. The van der Waals surface area contributed by atoms with Gasteiger partial charge in [0.05, 0.1) is 13.1 Å². The number of benzene rings is 1. The molecule has 0 unspecified atom stereocenters. The van der Waals surface area contributed by atoms with Crippen LogP contribution in [0.4, 0.5) is 0 Å². The van der Waals surface area contributed by atoms with Gasteiger partial charge in [-0.2, -0.15) is 0 Å². The van der Waals surface area contributed by atoms with Gasteiger partial charge in [-0.25, -0.2) is 0 Å². The Hall–Kier alpha value is -0.313. The number of rotatable bonds is 1. The molecule has 0 amide bonds. The predicted octanol–water partition coefficient (Wildman–Crippen LogP) is 4.10. The van der Waals surface area contributed by atoms with Crippen molar-refractivity contribution in [2.75, 3.05) is 0 Å². The third-order valence-corrected chi connectivity index (χ3v) is 7.62. The van der Waals surface area contributed by atoms with Gasteiger partial charge in [0.15, 0.2) is 0 Å². The molecule has 0 bridgehead atoms. The van der Waals surface area contributed by atoms with Crippen molar-refractivity contribution in [1.29, 1.82) is 0 Å². The Balaban J connectivity index is 2.75. The van der Waals surface area contributed by atoms with E-state index in [0.717, 1.165) is 5.02 Å². The summed E-state index contributed by atoms with van der Waals surface area (Å²) in [6, 6.07) is 8.38. The largest absolute Gasteiger partial charge is 0.143 e. The van der Waals surface area contributed by atoms with Gasteiger partial charge in [0.1, 0.15) is 0 Å². The normalized spacial score (nSPS) is 12.3. The summed E-state index contributed by atoms with van der Waals surface area (Å²) in [6.45, 7) is 7.01. The van der Waals surface area contributed by atoms with E-state index in [1.54, 1.807) is 0 Å². The summed E-state index contributed by atoms with van der Waals surface area (Å²) in [7, 11) is -1.27. The smallest absolute Gasteiger partial charge is 0.0924 e. The lowest BCUT2D eigenvalue weighted by Crippen LogP contribution is -2.35. The maximum Gasteiger partial charge on any atom is 0.0924 e. The van der Waals surface area contributed by atoms with Crippen molar-refractivity contribution in [1.82, 2.24) is 0 Å². The van der Waals surface area contributed by atoms with E-state index in [0.29, 0.717) is 0 Å². The molecule has 1 aromatic heterocycles. The molecule has 0 nitrogen and oxygen atoms in total. The standard InChI is InChI=1S/C11H13ClSSi/c1-14(2,3)11-10(12)8-6-4-5-7-9(8)13-11/h4-7H,1-3H3. The van der Waals surface area contributed by atoms with Gasteiger partial charge in [0.2, 0.25) is 0 Å². The second-order valence-electron chi connectivity index (χ2n) is 4.49. The van der Waals surface area contributed by atoms with Crippen LogP contribution in [-0.4, -0.2) is 8.07 Å². The molecule has 14 heavy (non-hydrogen) atoms. The Bertz CT molecular complexity index is 468. The van der Waals surface area contributed by atoms with Crippen LogP contribution in [0.3, 0.4) is 0 Å². The Morgan fingerprint density at radius 3 is 2.36 bits per heavy atom. The fourth-order valence-electron chi connectivity index (χ4n) is 1.50. The van der Waals surface area contributed by atoms with Gasteiger partial charge in [0, 0.05) is 14.6 Å². The van der Waals surface area contributed by atoms with Crippen LogP contribution in [0.25, 0.3) is 10.1 Å². The first-order chi connectivity index (χ1) is 6.50. The molecule has 0 atom stereocenters. The lowest BCUT2D eigenvalue weighted by atomic mass is 10.3. The van der Waals surface area contributed by atoms with Gasteiger partial charge >= 0.3 is 0 Å². The van der Waals surface area contributed by atoms with Gasteiger partial charge in [-0.3, -0.25) is 0 Å². The molecule has 0 aliphatic heterocycles. The molecule has 0 saturated heterocycles. The van der Waals surface area contributed by atoms with E-state index in [-0.39, 0.29) is 0 Å². The highest BCUT2D eigenvalue weighted by atomic mass is 35.5. The van der Waals surface area contributed by atoms with E-state index in [9.17, 15) is 0 Å². The highest BCUT2D eigenvalue weighted by Gasteiger charge is 2.23. The lowest BCUT2D eigenvalue weighted by molar-refractivity contribution is 1.79. The summed E-state index contributed by atoms with van der Waals surface area (Å²) in [5.41, 5.74) is 0. The van der Waals surface area contributed by atoms with E-state index in [4.69, 9.17) is 11.6 Å². The number of thiophene rings is 1. The van der Waals surface area contributed by atoms with Gasteiger partial charge in [-0.15, -0.1) is 11.3 Å². The quantitative estimate of drug-likeness (QED) is 0.659. The number of fused-ring (bicyclic) bond motifs is 1. The van der Waals surface area contributed by atoms with E-state index in [1.807, 2.05) is 11.3 Å². The maximum absolute atomic E-state index is 6.39. The molecule has 0 saturated carbocycles. The second kappa shape index (κ2) is 3.37. The molecule has 1 heterocycles. The average Bonchev–Trinajstić information content (AvgIpc) is 2.44. The van der Waals surface area contributed by atoms with Crippen molar-refractivity contribution in [3.8, 4) is 0 Å². The fourth-order valence-corrected chi connectivity index (χ4v) is 5.88. The fraction of sp³-hybridized carbons (Fsp3) is 0.273. The van der Waals surface area contributed by atoms with Crippen LogP contribution in [0.5, 0.6) is 0 Å². The molecule has 0 aliphatic carbocycles. The Morgan fingerprint density at radius 1 is 1.14 bits per heavy atom. The molecule has 3 heteroatoms. The van der Waals surface area contributed by atoms with Crippen molar-refractivity contribution in [3.05, 3.63) is 29.3 Å². The zero-order valence-electron chi connectivity index (χ0n) is 8.60. The molecular weight excluding hydrogens is 228 g/mol. The van der Waals surface area contributed by atoms with Gasteiger partial charge in [-0.1, -0.05) is 49.4 Å². The molecule has 2 rings (SSSR count). The Labute approximate surface area is 94.5 Å². The van der Waals surface area contributed by atoms with E-state index >= 15 is 0 Å². The van der Waals surface area contributed by atoms with Crippen LogP contribution in [0.2, 0.25) is 24.7 Å². The molecule has 0 spiro atoms. The first-order valence-corrected chi connectivity index (χ1v) is 9.37. The minimum absolute atomic E-state index is 0.991. The SMILES string of the molecule is C[Si](C)(C)c1sc2ccccc2c1Cl. The van der Waals surface area contributed by atoms with Gasteiger partial charge in [0.25, 0.3) is 0 Å². The van der Waals surface area contributed by atoms with Crippen molar-refractivity contribution in [3.63, 3.8) is 0 Å². The lowest BCUT2D eigenvalue weighted by Gasteiger charge is -2.13. The summed E-state index contributed by atoms with van der Waals surface area (Å²) in [5, 5.41) is 2.21. The second-order valence-corrected chi connectivity index (χ2v) is 11.3. The van der Waals surface area contributed by atoms with Gasteiger partial charge in [-0.05, 0) is 6.07 Å². The van der Waals surface area contributed by atoms with Crippen molar-refractivity contribution in [2.24, 2.45) is 0 Å². The molecule has 0 aliphatic rings.